The summed E-state index contributed by atoms with van der Waals surface area (Å²) in [6.45, 7) is 4.28. The molecule has 0 aliphatic rings. The Kier molecular flexibility index (Phi) is 3.71. The highest BCUT2D eigenvalue weighted by molar-refractivity contribution is 9.10. The van der Waals surface area contributed by atoms with Gasteiger partial charge in [-0.3, -0.25) is 0 Å². The van der Waals surface area contributed by atoms with Crippen LogP contribution < -0.4 is 0 Å². The summed E-state index contributed by atoms with van der Waals surface area (Å²) in [4.78, 5) is 16.0. The fourth-order valence-corrected chi connectivity index (χ4v) is 2.38. The molecule has 5 heteroatoms. The molecular weight excluding hydrogens is 296 g/mol. The van der Waals surface area contributed by atoms with Crippen LogP contribution in [0, 0.1) is 5.92 Å². The second-order valence-corrected chi connectivity index (χ2v) is 5.33. The lowest BCUT2D eigenvalue weighted by molar-refractivity contribution is 0.0600. The molecule has 0 aromatic carbocycles. The van der Waals surface area contributed by atoms with E-state index in [-0.39, 0.29) is 5.97 Å². The van der Waals surface area contributed by atoms with E-state index in [2.05, 4.69) is 34.8 Å². The maximum atomic E-state index is 11.5. The van der Waals surface area contributed by atoms with Gasteiger partial charge in [0.25, 0.3) is 0 Å². The third-order valence-electron chi connectivity index (χ3n) is 2.68. The number of halogens is 1. The van der Waals surface area contributed by atoms with Crippen molar-refractivity contribution in [3.63, 3.8) is 0 Å². The summed E-state index contributed by atoms with van der Waals surface area (Å²) in [6, 6.07) is 3.61. The number of methoxy groups -OCH3 is 1. The summed E-state index contributed by atoms with van der Waals surface area (Å²) < 4.78 is 7.47. The van der Waals surface area contributed by atoms with Gasteiger partial charge < -0.3 is 9.14 Å². The van der Waals surface area contributed by atoms with Gasteiger partial charge in [0.15, 0.2) is 0 Å². The van der Waals surface area contributed by atoms with Gasteiger partial charge in [-0.25, -0.2) is 9.78 Å². The number of rotatable bonds is 3. The number of hydrogen-bond acceptors (Lipinski definition) is 3. The Labute approximate surface area is 114 Å². The topological polar surface area (TPSA) is 43.6 Å². The van der Waals surface area contributed by atoms with Crippen molar-refractivity contribution in [1.29, 1.82) is 0 Å². The second kappa shape index (κ2) is 5.10. The summed E-state index contributed by atoms with van der Waals surface area (Å²) in [5.74, 6) is 1.11. The first-order valence-corrected chi connectivity index (χ1v) is 6.57. The summed E-state index contributed by atoms with van der Waals surface area (Å²) >= 11 is 3.44. The van der Waals surface area contributed by atoms with Crippen molar-refractivity contribution in [1.82, 2.24) is 9.38 Å². The Morgan fingerprint density at radius 3 is 2.83 bits per heavy atom. The summed E-state index contributed by atoms with van der Waals surface area (Å²) in [6.07, 6.45) is 2.63. The van der Waals surface area contributed by atoms with Gasteiger partial charge in [-0.1, -0.05) is 13.8 Å². The first kappa shape index (κ1) is 13.1. The van der Waals surface area contributed by atoms with E-state index in [1.165, 1.54) is 7.11 Å². The lowest BCUT2D eigenvalue weighted by Crippen LogP contribution is -2.05. The molecule has 0 N–H and O–H groups in total. The average molecular weight is 311 g/mol. The smallest absolute Gasteiger partial charge is 0.339 e. The van der Waals surface area contributed by atoms with Crippen LogP contribution in [0.25, 0.3) is 5.52 Å². The van der Waals surface area contributed by atoms with Crippen LogP contribution in [0.15, 0.2) is 22.9 Å². The van der Waals surface area contributed by atoms with Crippen LogP contribution in [0.3, 0.4) is 0 Å². The average Bonchev–Trinajstić information content (AvgIpc) is 2.64. The predicted octanol–water partition coefficient (Wildman–Crippen LogP) is 3.08. The molecule has 2 rings (SSSR count). The van der Waals surface area contributed by atoms with Crippen molar-refractivity contribution in [3.05, 3.63) is 34.3 Å². The van der Waals surface area contributed by atoms with Gasteiger partial charge in [0.05, 0.1) is 18.2 Å². The van der Waals surface area contributed by atoms with E-state index in [1.54, 1.807) is 12.3 Å². The highest BCUT2D eigenvalue weighted by Gasteiger charge is 2.13. The maximum absolute atomic E-state index is 11.5. The first-order valence-electron chi connectivity index (χ1n) is 5.77. The number of esters is 1. The minimum atomic E-state index is -0.336. The largest absolute Gasteiger partial charge is 0.465 e. The van der Waals surface area contributed by atoms with Gasteiger partial charge in [-0.05, 0) is 34.0 Å². The molecule has 0 radical (unpaired) electrons. The number of aromatic nitrogens is 2. The Morgan fingerprint density at radius 1 is 1.50 bits per heavy atom. The number of ether oxygens (including phenoxy) is 1. The van der Waals surface area contributed by atoms with Gasteiger partial charge in [-0.15, -0.1) is 0 Å². The molecule has 0 aliphatic heterocycles. The number of imidazole rings is 1. The van der Waals surface area contributed by atoms with Gasteiger partial charge in [0.2, 0.25) is 0 Å². The lowest BCUT2D eigenvalue weighted by Gasteiger charge is -2.05. The van der Waals surface area contributed by atoms with E-state index in [1.807, 2.05) is 10.5 Å². The van der Waals surface area contributed by atoms with Crippen LogP contribution in [0.1, 0.15) is 30.0 Å². The van der Waals surface area contributed by atoms with E-state index in [0.717, 1.165) is 22.4 Å². The van der Waals surface area contributed by atoms with Gasteiger partial charge in [-0.2, -0.15) is 0 Å². The molecule has 0 spiro atoms. The molecule has 0 unspecified atom stereocenters. The van der Waals surface area contributed by atoms with Gasteiger partial charge >= 0.3 is 5.97 Å². The zero-order chi connectivity index (χ0) is 13.3. The molecule has 2 aromatic rings. The molecule has 0 amide bonds. The number of carbonyl (C=O) groups is 1. The fourth-order valence-electron chi connectivity index (χ4n) is 1.85. The molecule has 96 valence electrons. The molecule has 0 aliphatic carbocycles. The predicted molar refractivity (Wildman–Crippen MR) is 72.8 cm³/mol. The maximum Gasteiger partial charge on any atom is 0.339 e. The fraction of sp³-hybridized carbons (Fsp3) is 0.385. The highest BCUT2D eigenvalue weighted by Crippen LogP contribution is 2.21. The van der Waals surface area contributed by atoms with Gasteiger partial charge in [0, 0.05) is 12.6 Å². The molecule has 18 heavy (non-hydrogen) atoms. The Hall–Kier alpha value is -1.36. The third kappa shape index (κ3) is 2.41. The molecule has 4 nitrogen and oxygen atoms in total. The lowest BCUT2D eigenvalue weighted by atomic mass is 10.1. The van der Waals surface area contributed by atoms with Crippen LogP contribution in [0.2, 0.25) is 0 Å². The SMILES string of the molecule is COC(=O)c1ccc2c(Br)nc(CC(C)C)n2c1. The quantitative estimate of drug-likeness (QED) is 0.818. The standard InChI is InChI=1S/C13H15BrN2O2/c1-8(2)6-11-15-12(14)10-5-4-9(7-16(10)11)13(17)18-3/h4-5,7-8H,6H2,1-3H3. The summed E-state index contributed by atoms with van der Waals surface area (Å²) in [5.41, 5.74) is 1.48. The zero-order valence-electron chi connectivity index (χ0n) is 10.6. The number of carbonyl (C=O) groups excluding carboxylic acids is 1. The summed E-state index contributed by atoms with van der Waals surface area (Å²) in [7, 11) is 1.38. The monoisotopic (exact) mass is 310 g/mol. The number of nitrogens with zero attached hydrogens (tertiary/aromatic N) is 2. The Morgan fingerprint density at radius 2 is 2.22 bits per heavy atom. The van der Waals surface area contributed by atoms with Crippen LogP contribution in [-0.2, 0) is 11.2 Å². The van der Waals surface area contributed by atoms with E-state index < -0.39 is 0 Å². The molecule has 0 saturated carbocycles. The minimum Gasteiger partial charge on any atom is -0.465 e. The first-order chi connectivity index (χ1) is 8.52. The van der Waals surface area contributed by atoms with Crippen molar-refractivity contribution in [3.8, 4) is 0 Å². The summed E-state index contributed by atoms with van der Waals surface area (Å²) in [5, 5.41) is 0. The Balaban J connectivity index is 2.55. The number of fused-ring (bicyclic) bond motifs is 1. The molecule has 0 fully saturated rings. The zero-order valence-corrected chi connectivity index (χ0v) is 12.2. The molecule has 2 aromatic heterocycles. The molecule has 0 saturated heterocycles. The second-order valence-electron chi connectivity index (χ2n) is 4.58. The minimum absolute atomic E-state index is 0.336. The van der Waals surface area contributed by atoms with E-state index in [9.17, 15) is 4.79 Å². The van der Waals surface area contributed by atoms with Crippen LogP contribution in [0.4, 0.5) is 0 Å². The van der Waals surface area contributed by atoms with Crippen LogP contribution >= 0.6 is 15.9 Å². The molecule has 0 atom stereocenters. The molecular formula is C13H15BrN2O2. The molecule has 2 heterocycles. The van der Waals surface area contributed by atoms with Gasteiger partial charge in [0.1, 0.15) is 10.4 Å². The van der Waals surface area contributed by atoms with E-state index >= 15 is 0 Å². The number of pyridine rings is 1. The van der Waals surface area contributed by atoms with E-state index in [4.69, 9.17) is 4.74 Å². The van der Waals surface area contributed by atoms with Crippen molar-refractivity contribution in [2.45, 2.75) is 20.3 Å². The van der Waals surface area contributed by atoms with E-state index in [0.29, 0.717) is 11.5 Å². The highest BCUT2D eigenvalue weighted by atomic mass is 79.9. The van der Waals surface area contributed by atoms with Crippen molar-refractivity contribution in [2.75, 3.05) is 7.11 Å². The van der Waals surface area contributed by atoms with Crippen molar-refractivity contribution < 1.29 is 9.53 Å². The normalized spacial score (nSPS) is 11.2. The molecule has 0 bridgehead atoms. The van der Waals surface area contributed by atoms with Crippen LogP contribution in [0.5, 0.6) is 0 Å². The van der Waals surface area contributed by atoms with Crippen molar-refractivity contribution in [2.24, 2.45) is 5.92 Å². The number of hydrogen-bond donors (Lipinski definition) is 0. The Bertz CT molecular complexity index is 590. The van der Waals surface area contributed by atoms with Crippen LogP contribution in [-0.4, -0.2) is 22.5 Å². The van der Waals surface area contributed by atoms with Crippen molar-refractivity contribution >= 4 is 27.4 Å². The third-order valence-corrected chi connectivity index (χ3v) is 3.26.